The molecule has 0 aliphatic carbocycles. The minimum Gasteiger partial charge on any atom is -0.354 e. The number of thioether (sulfide) groups is 1. The van der Waals surface area contributed by atoms with Crippen molar-refractivity contribution in [1.29, 1.82) is 0 Å². The lowest BCUT2D eigenvalue weighted by Crippen LogP contribution is -2.03. The van der Waals surface area contributed by atoms with Crippen LogP contribution in [0.5, 0.6) is 0 Å². The molecule has 0 aliphatic rings. The lowest BCUT2D eigenvalue weighted by molar-refractivity contribution is -0.386. The van der Waals surface area contributed by atoms with Crippen LogP contribution in [0.4, 0.5) is 5.69 Å². The van der Waals surface area contributed by atoms with Crippen LogP contribution in [-0.2, 0) is 12.2 Å². The van der Waals surface area contributed by atoms with Crippen LogP contribution >= 0.6 is 27.7 Å². The Morgan fingerprint density at radius 2 is 1.88 bits per heavy atom. The van der Waals surface area contributed by atoms with Crippen molar-refractivity contribution in [1.82, 2.24) is 5.16 Å². The summed E-state index contributed by atoms with van der Waals surface area (Å²) < 4.78 is 6.26. The largest absolute Gasteiger partial charge is 0.354 e. The summed E-state index contributed by atoms with van der Waals surface area (Å²) in [5, 5.41) is 15.1. The number of nitro groups is 1. The standard InChI is InChI=1S/C19H17BrN2O3S/c1-13-19(22(23)24)17(25-21-13)11-18(15-9-5-6-10-16(15)20)26-12-14-7-3-2-4-8-14/h2-10,18H,11-12H2,1H3/t18-/m0/s1. The molecule has 1 aromatic heterocycles. The number of hydrogen-bond donors (Lipinski definition) is 0. The summed E-state index contributed by atoms with van der Waals surface area (Å²) in [4.78, 5) is 10.9. The van der Waals surface area contributed by atoms with Gasteiger partial charge in [0.2, 0.25) is 5.76 Å². The van der Waals surface area contributed by atoms with E-state index in [1.807, 2.05) is 42.5 Å². The smallest absolute Gasteiger partial charge is 0.334 e. The van der Waals surface area contributed by atoms with Crippen molar-refractivity contribution in [2.45, 2.75) is 24.3 Å². The van der Waals surface area contributed by atoms with Crippen LogP contribution in [-0.4, -0.2) is 10.1 Å². The second-order valence-electron chi connectivity index (χ2n) is 5.81. The van der Waals surface area contributed by atoms with Gasteiger partial charge < -0.3 is 4.52 Å². The molecule has 0 unspecified atom stereocenters. The van der Waals surface area contributed by atoms with Gasteiger partial charge in [-0.05, 0) is 24.1 Å². The quantitative estimate of drug-likeness (QED) is 0.344. The maximum atomic E-state index is 11.4. The Balaban J connectivity index is 1.88. The SMILES string of the molecule is Cc1noc(C[C@H](SCc2ccccc2)c2ccccc2Br)c1[N+](=O)[O-]. The van der Waals surface area contributed by atoms with Gasteiger partial charge in [0, 0.05) is 21.9 Å². The van der Waals surface area contributed by atoms with Crippen molar-refractivity contribution < 1.29 is 9.45 Å². The van der Waals surface area contributed by atoms with E-state index in [0.717, 1.165) is 15.8 Å². The van der Waals surface area contributed by atoms with Gasteiger partial charge in [-0.25, -0.2) is 0 Å². The van der Waals surface area contributed by atoms with Crippen LogP contribution < -0.4 is 0 Å². The molecule has 3 rings (SSSR count). The van der Waals surface area contributed by atoms with E-state index in [1.54, 1.807) is 18.7 Å². The second-order valence-corrected chi connectivity index (χ2v) is 7.85. The first-order chi connectivity index (χ1) is 12.6. The van der Waals surface area contributed by atoms with Gasteiger partial charge in [-0.1, -0.05) is 69.6 Å². The van der Waals surface area contributed by atoms with Gasteiger partial charge >= 0.3 is 5.69 Å². The maximum absolute atomic E-state index is 11.4. The van der Waals surface area contributed by atoms with Crippen LogP contribution in [0.2, 0.25) is 0 Å². The van der Waals surface area contributed by atoms with Gasteiger partial charge in [0.25, 0.3) is 0 Å². The Morgan fingerprint density at radius 3 is 2.58 bits per heavy atom. The third-order valence-electron chi connectivity index (χ3n) is 4.00. The highest BCUT2D eigenvalue weighted by molar-refractivity contribution is 9.10. The monoisotopic (exact) mass is 432 g/mol. The second kappa shape index (κ2) is 8.51. The summed E-state index contributed by atoms with van der Waals surface area (Å²) in [7, 11) is 0. The van der Waals surface area contributed by atoms with E-state index in [1.165, 1.54) is 5.56 Å². The topological polar surface area (TPSA) is 69.2 Å². The zero-order valence-electron chi connectivity index (χ0n) is 14.1. The Bertz CT molecular complexity index is 899. The molecule has 0 fully saturated rings. The molecule has 0 bridgehead atoms. The maximum Gasteiger partial charge on any atom is 0.334 e. The molecule has 5 nitrogen and oxygen atoms in total. The molecule has 0 radical (unpaired) electrons. The minimum atomic E-state index is -0.417. The molecule has 0 N–H and O–H groups in total. The number of rotatable bonds is 7. The Labute approximate surface area is 164 Å². The molecule has 2 aromatic carbocycles. The molecule has 7 heteroatoms. The fourth-order valence-electron chi connectivity index (χ4n) is 2.71. The molecule has 3 aromatic rings. The molecule has 134 valence electrons. The van der Waals surface area contributed by atoms with Crippen LogP contribution in [0.1, 0.15) is 27.8 Å². The summed E-state index contributed by atoms with van der Waals surface area (Å²) in [6.45, 7) is 1.59. The summed E-state index contributed by atoms with van der Waals surface area (Å²) in [5.74, 6) is 1.11. The number of aryl methyl sites for hydroxylation is 1. The number of aromatic nitrogens is 1. The fourth-order valence-corrected chi connectivity index (χ4v) is 4.67. The van der Waals surface area contributed by atoms with Gasteiger partial charge in [0.1, 0.15) is 0 Å². The van der Waals surface area contributed by atoms with Crippen molar-refractivity contribution in [2.75, 3.05) is 0 Å². The van der Waals surface area contributed by atoms with E-state index in [0.29, 0.717) is 17.9 Å². The first-order valence-electron chi connectivity index (χ1n) is 8.05. The van der Waals surface area contributed by atoms with Gasteiger partial charge in [-0.3, -0.25) is 10.1 Å². The third kappa shape index (κ3) is 4.34. The van der Waals surface area contributed by atoms with Crippen molar-refractivity contribution in [3.8, 4) is 0 Å². The molecule has 1 atom stereocenters. The zero-order chi connectivity index (χ0) is 18.5. The highest BCUT2D eigenvalue weighted by Gasteiger charge is 2.28. The van der Waals surface area contributed by atoms with Crippen molar-refractivity contribution in [3.63, 3.8) is 0 Å². The lowest BCUT2D eigenvalue weighted by atomic mass is 10.1. The van der Waals surface area contributed by atoms with Crippen LogP contribution in [0.15, 0.2) is 63.6 Å². The van der Waals surface area contributed by atoms with Crippen LogP contribution in [0.25, 0.3) is 0 Å². The predicted octanol–water partition coefficient (Wildman–Crippen LogP) is 5.87. The summed E-state index contributed by atoms with van der Waals surface area (Å²) in [5.41, 5.74) is 2.57. The third-order valence-corrected chi connectivity index (χ3v) is 6.04. The highest BCUT2D eigenvalue weighted by Crippen LogP contribution is 2.40. The molecule has 0 saturated heterocycles. The van der Waals surface area contributed by atoms with Gasteiger partial charge in [0.05, 0.1) is 4.92 Å². The molecular formula is C19H17BrN2O3S. The zero-order valence-corrected chi connectivity index (χ0v) is 16.5. The summed E-state index contributed by atoms with van der Waals surface area (Å²) in [6.07, 6.45) is 0.400. The van der Waals surface area contributed by atoms with E-state index < -0.39 is 4.92 Å². The van der Waals surface area contributed by atoms with E-state index in [-0.39, 0.29) is 10.9 Å². The molecule has 0 aliphatic heterocycles. The molecule has 0 spiro atoms. The average molecular weight is 433 g/mol. The molecule has 1 heterocycles. The summed E-state index contributed by atoms with van der Waals surface area (Å²) in [6, 6.07) is 18.1. The van der Waals surface area contributed by atoms with Crippen molar-refractivity contribution >= 4 is 33.4 Å². The Kier molecular flexibility index (Phi) is 6.11. The number of benzene rings is 2. The van der Waals surface area contributed by atoms with Crippen LogP contribution in [0.3, 0.4) is 0 Å². The van der Waals surface area contributed by atoms with Gasteiger partial charge in [-0.2, -0.15) is 0 Å². The van der Waals surface area contributed by atoms with Crippen molar-refractivity contribution in [2.24, 2.45) is 0 Å². The lowest BCUT2D eigenvalue weighted by Gasteiger charge is -2.17. The predicted molar refractivity (Wildman–Crippen MR) is 106 cm³/mol. The average Bonchev–Trinajstić information content (AvgIpc) is 3.00. The normalized spacial score (nSPS) is 12.1. The van der Waals surface area contributed by atoms with E-state index in [4.69, 9.17) is 4.52 Å². The molecule has 0 amide bonds. The van der Waals surface area contributed by atoms with Crippen LogP contribution in [0, 0.1) is 17.0 Å². The van der Waals surface area contributed by atoms with Gasteiger partial charge in [-0.15, -0.1) is 11.8 Å². The number of nitrogens with zero attached hydrogens (tertiary/aromatic N) is 2. The first kappa shape index (κ1) is 18.7. The van der Waals surface area contributed by atoms with Crippen molar-refractivity contribution in [3.05, 3.63) is 91.8 Å². The molecule has 0 saturated carbocycles. The Morgan fingerprint density at radius 1 is 1.19 bits per heavy atom. The first-order valence-corrected chi connectivity index (χ1v) is 9.90. The molecular weight excluding hydrogens is 416 g/mol. The number of hydrogen-bond acceptors (Lipinski definition) is 5. The van der Waals surface area contributed by atoms with E-state index >= 15 is 0 Å². The summed E-state index contributed by atoms with van der Waals surface area (Å²) >= 11 is 5.32. The van der Waals surface area contributed by atoms with E-state index in [2.05, 4.69) is 33.2 Å². The highest BCUT2D eigenvalue weighted by atomic mass is 79.9. The minimum absolute atomic E-state index is 0.00293. The fraction of sp³-hybridized carbons (Fsp3) is 0.211. The van der Waals surface area contributed by atoms with Gasteiger partial charge in [0.15, 0.2) is 5.69 Å². The van der Waals surface area contributed by atoms with E-state index in [9.17, 15) is 10.1 Å². The number of halogens is 1. The Hall–Kier alpha value is -2.12. The molecule has 26 heavy (non-hydrogen) atoms.